The van der Waals surface area contributed by atoms with Gasteiger partial charge in [0.05, 0.1) is 0 Å². The van der Waals surface area contributed by atoms with Gasteiger partial charge in [-0.15, -0.1) is 6.92 Å². The second-order valence-electron chi connectivity index (χ2n) is 3.62. The number of hydrogen-bond donors (Lipinski definition) is 0. The summed E-state index contributed by atoms with van der Waals surface area (Å²) >= 11 is 0. The number of rotatable bonds is 0. The molecule has 0 bridgehead atoms. The van der Waals surface area contributed by atoms with Crippen molar-refractivity contribution >= 4 is 0 Å². The number of allylic oxidation sites excluding steroid dienone is 4. The minimum atomic E-state index is 0. The van der Waals surface area contributed by atoms with Crippen LogP contribution in [0.25, 0.3) is 0 Å². The molecule has 0 spiro atoms. The Bertz CT molecular complexity index is 227. The molecule has 0 aromatic rings. The van der Waals surface area contributed by atoms with Gasteiger partial charge >= 0.3 is 26.2 Å². The van der Waals surface area contributed by atoms with Gasteiger partial charge in [-0.1, -0.05) is 33.1 Å². The van der Waals surface area contributed by atoms with Crippen LogP contribution in [0.15, 0.2) is 16.7 Å². The monoisotopic (exact) mass is 295 g/mol. The fourth-order valence-corrected chi connectivity index (χ4v) is 1.41. The summed E-state index contributed by atoms with van der Waals surface area (Å²) in [6.45, 7) is 10.9. The fraction of sp³-hybridized carbons (Fsp3) is 0.600. The van der Waals surface area contributed by atoms with Crippen LogP contribution in [0.1, 0.15) is 34.6 Å². The van der Waals surface area contributed by atoms with Gasteiger partial charge in [0, 0.05) is 0 Å². The molecule has 0 nitrogen and oxygen atoms in total. The van der Waals surface area contributed by atoms with Crippen molar-refractivity contribution in [2.45, 2.75) is 34.6 Å². The first-order chi connectivity index (χ1) is 4.45. The molecule has 0 aromatic heterocycles. The van der Waals surface area contributed by atoms with Crippen LogP contribution in [0.5, 0.6) is 0 Å². The molecule has 0 saturated carbocycles. The van der Waals surface area contributed by atoms with Crippen LogP contribution >= 0.6 is 0 Å². The first-order valence-corrected chi connectivity index (χ1v) is 3.75. The Hall–Kier alpha value is 0.943. The summed E-state index contributed by atoms with van der Waals surface area (Å²) in [4.78, 5) is 0. The van der Waals surface area contributed by atoms with Crippen LogP contribution in [0.3, 0.4) is 0 Å². The van der Waals surface area contributed by atoms with Gasteiger partial charge in [-0.3, -0.25) is 6.08 Å². The molecule has 0 unspecified atom stereocenters. The maximum Gasteiger partial charge on any atom is 3.00 e. The summed E-state index contributed by atoms with van der Waals surface area (Å²) in [5.74, 6) is 0. The van der Waals surface area contributed by atoms with E-state index in [4.69, 9.17) is 0 Å². The average molecular weight is 297 g/mol. The van der Waals surface area contributed by atoms with E-state index in [1.165, 1.54) is 16.7 Å². The van der Waals surface area contributed by atoms with Crippen molar-refractivity contribution in [1.29, 1.82) is 0 Å². The molecule has 0 atom stereocenters. The molecule has 1 aliphatic rings. The molecule has 1 aliphatic carbocycles. The molecule has 0 aliphatic heterocycles. The molecule has 0 amide bonds. The summed E-state index contributed by atoms with van der Waals surface area (Å²) in [6.07, 6.45) is 3.44. The van der Waals surface area contributed by atoms with Gasteiger partial charge in [0.25, 0.3) is 0 Å². The minimum Gasteiger partial charge on any atom is -1.00 e. The van der Waals surface area contributed by atoms with Gasteiger partial charge in [-0.05, 0) is 0 Å². The molecular formula is C10H15Cl2Zr. The minimum absolute atomic E-state index is 0. The SMILES string of the molecule is CC1=[C-]C(C)(C)C(C)=C1C.[Cl-].[Cl-].[Zr+3]. The second-order valence-corrected chi connectivity index (χ2v) is 3.62. The Morgan fingerprint density at radius 2 is 1.38 bits per heavy atom. The van der Waals surface area contributed by atoms with Gasteiger partial charge in [0.1, 0.15) is 0 Å². The zero-order chi connectivity index (χ0) is 7.94. The van der Waals surface area contributed by atoms with E-state index in [1.807, 2.05) is 0 Å². The molecule has 3 heteroatoms. The summed E-state index contributed by atoms with van der Waals surface area (Å²) in [6, 6.07) is 0. The van der Waals surface area contributed by atoms with E-state index >= 15 is 0 Å². The van der Waals surface area contributed by atoms with Crippen LogP contribution in [-0.2, 0) is 26.2 Å². The third-order valence-electron chi connectivity index (χ3n) is 2.56. The quantitative estimate of drug-likeness (QED) is 0.421. The van der Waals surface area contributed by atoms with E-state index in [0.717, 1.165) is 0 Å². The zero-order valence-corrected chi connectivity index (χ0v) is 12.7. The molecule has 1 radical (unpaired) electrons. The van der Waals surface area contributed by atoms with Crippen LogP contribution in [-0.4, -0.2) is 0 Å². The predicted molar refractivity (Wildman–Crippen MR) is 44.6 cm³/mol. The standard InChI is InChI=1S/C10H15.2ClH.Zr/c1-7-6-10(4,5)9(3)8(7)2;;;/h1-5H3;2*1H;/q-1;;;+3/p-2. The molecule has 0 heterocycles. The predicted octanol–water partition coefficient (Wildman–Crippen LogP) is -2.88. The van der Waals surface area contributed by atoms with Crippen molar-refractivity contribution in [3.8, 4) is 0 Å². The molecular weight excluding hydrogens is 282 g/mol. The van der Waals surface area contributed by atoms with Gasteiger partial charge < -0.3 is 24.8 Å². The van der Waals surface area contributed by atoms with Crippen molar-refractivity contribution < 1.29 is 51.0 Å². The summed E-state index contributed by atoms with van der Waals surface area (Å²) < 4.78 is 0. The molecule has 1 rings (SSSR count). The van der Waals surface area contributed by atoms with Crippen LogP contribution in [0, 0.1) is 11.5 Å². The van der Waals surface area contributed by atoms with E-state index in [0.29, 0.717) is 0 Å². The normalized spacial score (nSPS) is 18.1. The zero-order valence-electron chi connectivity index (χ0n) is 8.76. The number of halogens is 2. The average Bonchev–Trinajstić information content (AvgIpc) is 1.95. The molecule has 0 N–H and O–H groups in total. The summed E-state index contributed by atoms with van der Waals surface area (Å²) in [5.41, 5.74) is 4.39. The second kappa shape index (κ2) is 6.43. The van der Waals surface area contributed by atoms with Gasteiger partial charge in [0.15, 0.2) is 0 Å². The molecule has 73 valence electrons. The molecule has 0 aromatic carbocycles. The van der Waals surface area contributed by atoms with E-state index in [9.17, 15) is 0 Å². The smallest absolute Gasteiger partial charge is 1.00 e. The van der Waals surface area contributed by atoms with Crippen LogP contribution < -0.4 is 24.8 Å². The maximum atomic E-state index is 3.44. The Balaban J connectivity index is -0.000000333. The van der Waals surface area contributed by atoms with Crippen molar-refractivity contribution in [2.24, 2.45) is 5.41 Å². The van der Waals surface area contributed by atoms with E-state index in [-0.39, 0.29) is 56.4 Å². The molecule has 0 fully saturated rings. The summed E-state index contributed by atoms with van der Waals surface area (Å²) in [5, 5.41) is 0. The van der Waals surface area contributed by atoms with Crippen LogP contribution in [0.2, 0.25) is 0 Å². The van der Waals surface area contributed by atoms with E-state index < -0.39 is 0 Å². The van der Waals surface area contributed by atoms with Crippen molar-refractivity contribution in [2.75, 3.05) is 0 Å². The van der Waals surface area contributed by atoms with E-state index in [1.54, 1.807) is 0 Å². The Kier molecular flexibility index (Phi) is 9.65. The maximum absolute atomic E-state index is 3.44. The molecule has 0 saturated heterocycles. The van der Waals surface area contributed by atoms with Gasteiger partial charge in [-0.25, -0.2) is 5.57 Å². The fourth-order valence-electron chi connectivity index (χ4n) is 1.41. The topological polar surface area (TPSA) is 0 Å². The Morgan fingerprint density at radius 1 is 1.00 bits per heavy atom. The van der Waals surface area contributed by atoms with E-state index in [2.05, 4.69) is 40.7 Å². The van der Waals surface area contributed by atoms with Gasteiger partial charge in [0.2, 0.25) is 0 Å². The van der Waals surface area contributed by atoms with Crippen molar-refractivity contribution in [1.82, 2.24) is 0 Å². The third kappa shape index (κ3) is 3.90. The third-order valence-corrected chi connectivity index (χ3v) is 2.56. The largest absolute Gasteiger partial charge is 3.00 e. The molecule has 13 heavy (non-hydrogen) atoms. The Labute approximate surface area is 113 Å². The van der Waals surface area contributed by atoms with Crippen LogP contribution in [0.4, 0.5) is 0 Å². The summed E-state index contributed by atoms with van der Waals surface area (Å²) in [7, 11) is 0. The van der Waals surface area contributed by atoms with Gasteiger partial charge in [-0.2, -0.15) is 11.1 Å². The van der Waals surface area contributed by atoms with Crippen molar-refractivity contribution in [3.05, 3.63) is 22.8 Å². The number of hydrogen-bond acceptors (Lipinski definition) is 0. The first kappa shape index (κ1) is 19.5. The van der Waals surface area contributed by atoms with Crippen molar-refractivity contribution in [3.63, 3.8) is 0 Å². The Morgan fingerprint density at radius 3 is 1.46 bits per heavy atom. The first-order valence-electron chi connectivity index (χ1n) is 3.75.